The molecule has 3 aromatic rings. The van der Waals surface area contributed by atoms with Crippen LogP contribution in [-0.2, 0) is 25.7 Å². The van der Waals surface area contributed by atoms with E-state index < -0.39 is 11.7 Å². The lowest BCUT2D eigenvalue weighted by Gasteiger charge is -2.21. The van der Waals surface area contributed by atoms with Gasteiger partial charge in [-0.25, -0.2) is 0 Å². The lowest BCUT2D eigenvalue weighted by Crippen LogP contribution is -2.22. The molecule has 172 valence electrons. The smallest absolute Gasteiger partial charge is 0.295 e. The first-order chi connectivity index (χ1) is 15.9. The van der Waals surface area contributed by atoms with Crippen molar-refractivity contribution < 1.29 is 13.2 Å². The average molecular weight is 450 g/mol. The molecule has 3 rings (SSSR count). The molecule has 3 aromatic carbocycles. The van der Waals surface area contributed by atoms with Crippen LogP contribution in [0.2, 0.25) is 0 Å². The third-order valence-corrected chi connectivity index (χ3v) is 5.62. The van der Waals surface area contributed by atoms with Gasteiger partial charge in [0.1, 0.15) is 0 Å². The summed E-state index contributed by atoms with van der Waals surface area (Å²) >= 11 is 0. The van der Waals surface area contributed by atoms with Gasteiger partial charge in [0.2, 0.25) is 0 Å². The van der Waals surface area contributed by atoms with Crippen LogP contribution < -0.4 is 0 Å². The molecule has 0 atom stereocenters. The summed E-state index contributed by atoms with van der Waals surface area (Å²) in [7, 11) is 0. The standard InChI is InChI=1S/C29H30F3N/c1-3-5-6-23-7-9-24(10-8-23)11-12-25-13-15-26(16-14-25)21-33(4-2)22-27-17-19-28(20-18-27)29(30,31)32/h7-10,13-20H,3-6,21-22H2,1-2H3. The summed E-state index contributed by atoms with van der Waals surface area (Å²) in [6, 6.07) is 22.0. The Morgan fingerprint density at radius 2 is 1.12 bits per heavy atom. The summed E-state index contributed by atoms with van der Waals surface area (Å²) in [6.45, 7) is 6.38. The van der Waals surface area contributed by atoms with Gasteiger partial charge in [-0.3, -0.25) is 4.90 Å². The molecule has 0 saturated carbocycles. The van der Waals surface area contributed by atoms with Crippen molar-refractivity contribution in [3.8, 4) is 11.8 Å². The van der Waals surface area contributed by atoms with E-state index in [-0.39, 0.29) is 0 Å². The number of alkyl halides is 3. The van der Waals surface area contributed by atoms with Crippen LogP contribution in [0.25, 0.3) is 0 Å². The maximum absolute atomic E-state index is 12.8. The van der Waals surface area contributed by atoms with Gasteiger partial charge in [-0.15, -0.1) is 0 Å². The summed E-state index contributed by atoms with van der Waals surface area (Å²) in [6.07, 6.45) is -0.787. The number of hydrogen-bond acceptors (Lipinski definition) is 1. The van der Waals surface area contributed by atoms with Crippen LogP contribution in [0.5, 0.6) is 0 Å². The zero-order valence-corrected chi connectivity index (χ0v) is 19.3. The highest BCUT2D eigenvalue weighted by Gasteiger charge is 2.29. The molecule has 0 spiro atoms. The van der Waals surface area contributed by atoms with Crippen LogP contribution in [0, 0.1) is 11.8 Å². The molecule has 0 aromatic heterocycles. The Balaban J connectivity index is 1.57. The van der Waals surface area contributed by atoms with E-state index in [0.717, 1.165) is 53.9 Å². The molecule has 0 aliphatic rings. The number of aryl methyl sites for hydroxylation is 1. The number of hydrogen-bond donors (Lipinski definition) is 0. The van der Waals surface area contributed by atoms with E-state index in [9.17, 15) is 13.2 Å². The zero-order chi connectivity index (χ0) is 23.7. The molecule has 33 heavy (non-hydrogen) atoms. The van der Waals surface area contributed by atoms with Crippen LogP contribution in [0.15, 0.2) is 72.8 Å². The second-order valence-corrected chi connectivity index (χ2v) is 8.25. The van der Waals surface area contributed by atoms with Crippen molar-refractivity contribution in [2.45, 2.75) is 52.4 Å². The molecule has 1 nitrogen and oxygen atoms in total. The minimum Gasteiger partial charge on any atom is -0.295 e. The largest absolute Gasteiger partial charge is 0.416 e. The van der Waals surface area contributed by atoms with E-state index in [1.807, 2.05) is 12.1 Å². The molecule has 0 aliphatic carbocycles. The molecular weight excluding hydrogens is 419 g/mol. The van der Waals surface area contributed by atoms with Crippen molar-refractivity contribution in [3.63, 3.8) is 0 Å². The first kappa shape index (κ1) is 24.6. The maximum Gasteiger partial charge on any atom is 0.416 e. The molecule has 0 N–H and O–H groups in total. The summed E-state index contributed by atoms with van der Waals surface area (Å²) in [5.74, 6) is 6.44. The molecule has 4 heteroatoms. The van der Waals surface area contributed by atoms with E-state index in [0.29, 0.717) is 6.54 Å². The fourth-order valence-electron chi connectivity index (χ4n) is 3.57. The third-order valence-electron chi connectivity index (χ3n) is 5.62. The highest BCUT2D eigenvalue weighted by atomic mass is 19.4. The number of rotatable bonds is 8. The quantitative estimate of drug-likeness (QED) is 0.322. The van der Waals surface area contributed by atoms with Crippen LogP contribution in [0.4, 0.5) is 13.2 Å². The SMILES string of the molecule is CCCCc1ccc(C#Cc2ccc(CN(CC)Cc3ccc(C(F)(F)F)cc3)cc2)cc1. The van der Waals surface area contributed by atoms with E-state index in [2.05, 4.69) is 67.0 Å². The average Bonchev–Trinajstić information content (AvgIpc) is 2.82. The highest BCUT2D eigenvalue weighted by molar-refractivity contribution is 5.44. The van der Waals surface area contributed by atoms with Gasteiger partial charge in [-0.1, -0.05) is 68.5 Å². The Bertz CT molecular complexity index is 1050. The van der Waals surface area contributed by atoms with Gasteiger partial charge in [0.05, 0.1) is 5.56 Å². The van der Waals surface area contributed by atoms with Gasteiger partial charge < -0.3 is 0 Å². The summed E-state index contributed by atoms with van der Waals surface area (Å²) in [5, 5.41) is 0. The Hall–Kier alpha value is -3.03. The monoisotopic (exact) mass is 449 g/mol. The zero-order valence-electron chi connectivity index (χ0n) is 19.3. The number of benzene rings is 3. The van der Waals surface area contributed by atoms with Crippen LogP contribution in [0.1, 0.15) is 60.1 Å². The lowest BCUT2D eigenvalue weighted by molar-refractivity contribution is -0.137. The van der Waals surface area contributed by atoms with Gasteiger partial charge in [0.15, 0.2) is 0 Å². The van der Waals surface area contributed by atoms with Crippen LogP contribution in [-0.4, -0.2) is 11.4 Å². The second-order valence-electron chi connectivity index (χ2n) is 8.25. The molecule has 0 amide bonds. The molecule has 0 aliphatic heterocycles. The first-order valence-corrected chi connectivity index (χ1v) is 11.5. The minimum atomic E-state index is -4.30. The molecule has 0 unspecified atom stereocenters. The number of unbranched alkanes of at least 4 members (excludes halogenated alkanes) is 1. The first-order valence-electron chi connectivity index (χ1n) is 11.5. The highest BCUT2D eigenvalue weighted by Crippen LogP contribution is 2.29. The summed E-state index contributed by atoms with van der Waals surface area (Å²) in [4.78, 5) is 2.20. The Labute approximate surface area is 195 Å². The Kier molecular flexibility index (Phi) is 8.74. The van der Waals surface area contributed by atoms with Crippen LogP contribution >= 0.6 is 0 Å². The normalized spacial score (nSPS) is 11.3. The predicted molar refractivity (Wildman–Crippen MR) is 129 cm³/mol. The topological polar surface area (TPSA) is 3.24 Å². The van der Waals surface area contributed by atoms with E-state index in [1.54, 1.807) is 12.1 Å². The third kappa shape index (κ3) is 7.80. The van der Waals surface area contributed by atoms with E-state index in [1.165, 1.54) is 18.4 Å². The van der Waals surface area contributed by atoms with Gasteiger partial charge in [0.25, 0.3) is 0 Å². The van der Waals surface area contributed by atoms with Crippen molar-refractivity contribution >= 4 is 0 Å². The molecule has 0 fully saturated rings. The summed E-state index contributed by atoms with van der Waals surface area (Å²) in [5.41, 5.74) is 4.72. The van der Waals surface area contributed by atoms with Crippen molar-refractivity contribution in [3.05, 3.63) is 106 Å². The molecule has 0 saturated heterocycles. The van der Waals surface area contributed by atoms with E-state index in [4.69, 9.17) is 0 Å². The van der Waals surface area contributed by atoms with Crippen molar-refractivity contribution in [1.29, 1.82) is 0 Å². The molecule has 0 bridgehead atoms. The van der Waals surface area contributed by atoms with Gasteiger partial charge in [-0.05, 0) is 72.5 Å². The fraction of sp³-hybridized carbons (Fsp3) is 0.310. The Morgan fingerprint density at radius 3 is 1.55 bits per heavy atom. The van der Waals surface area contributed by atoms with Crippen molar-refractivity contribution in [2.24, 2.45) is 0 Å². The van der Waals surface area contributed by atoms with Crippen LogP contribution in [0.3, 0.4) is 0 Å². The fourth-order valence-corrected chi connectivity index (χ4v) is 3.57. The number of halogens is 3. The van der Waals surface area contributed by atoms with Crippen molar-refractivity contribution in [2.75, 3.05) is 6.54 Å². The van der Waals surface area contributed by atoms with Gasteiger partial charge in [-0.2, -0.15) is 13.2 Å². The molecule has 0 heterocycles. The Morgan fingerprint density at radius 1 is 0.667 bits per heavy atom. The maximum atomic E-state index is 12.8. The predicted octanol–water partition coefficient (Wildman–Crippen LogP) is 7.47. The second kappa shape index (κ2) is 11.7. The number of nitrogens with zero attached hydrogens (tertiary/aromatic N) is 1. The molecular formula is C29H30F3N. The summed E-state index contributed by atoms with van der Waals surface area (Å²) < 4.78 is 38.3. The minimum absolute atomic E-state index is 0.602. The molecule has 0 radical (unpaired) electrons. The lowest BCUT2D eigenvalue weighted by atomic mass is 10.1. The van der Waals surface area contributed by atoms with Crippen molar-refractivity contribution in [1.82, 2.24) is 4.90 Å². The van der Waals surface area contributed by atoms with E-state index >= 15 is 0 Å². The van der Waals surface area contributed by atoms with Gasteiger partial charge in [0, 0.05) is 24.2 Å². The van der Waals surface area contributed by atoms with Gasteiger partial charge >= 0.3 is 6.18 Å².